The summed E-state index contributed by atoms with van der Waals surface area (Å²) in [4.78, 5) is 15.5. The summed E-state index contributed by atoms with van der Waals surface area (Å²) in [6.45, 7) is 0. The fraction of sp³-hybridized carbons (Fsp3) is 0.583. The van der Waals surface area contributed by atoms with Crippen molar-refractivity contribution in [3.05, 3.63) is 42.1 Å². The molecule has 1 aromatic carbocycles. The average molecular weight is 410 g/mol. The van der Waals surface area contributed by atoms with Crippen molar-refractivity contribution in [2.24, 2.45) is 23.2 Å². The van der Waals surface area contributed by atoms with E-state index in [-0.39, 0.29) is 35.5 Å². The van der Waals surface area contributed by atoms with Gasteiger partial charge in [0, 0.05) is 17.5 Å². The molecule has 4 fully saturated rings. The Bertz CT molecular complexity index is 1000. The number of hydrogen-bond acceptors (Lipinski definition) is 4. The van der Waals surface area contributed by atoms with Gasteiger partial charge in [-0.05, 0) is 67.8 Å². The second kappa shape index (κ2) is 6.24. The molecule has 6 heteroatoms. The van der Waals surface area contributed by atoms with Gasteiger partial charge in [-0.15, -0.1) is 0 Å². The summed E-state index contributed by atoms with van der Waals surface area (Å²) in [5.74, 6) is 0.403. The molecule has 1 aliphatic heterocycles. The fourth-order valence-electron chi connectivity index (χ4n) is 7.70. The highest BCUT2D eigenvalue weighted by molar-refractivity contribution is 5.69. The molecule has 4 atom stereocenters. The highest BCUT2D eigenvalue weighted by Gasteiger charge is 2.63. The average Bonchev–Trinajstić information content (AvgIpc) is 3.29. The first-order valence-electron chi connectivity index (χ1n) is 11.1. The number of aldehydes is 1. The minimum atomic E-state index is -0.911. The van der Waals surface area contributed by atoms with E-state index in [2.05, 4.69) is 4.98 Å². The summed E-state index contributed by atoms with van der Waals surface area (Å²) >= 11 is 0. The Morgan fingerprint density at radius 3 is 2.77 bits per heavy atom. The molecule has 5 aliphatic rings. The molecule has 4 unspecified atom stereocenters. The van der Waals surface area contributed by atoms with Crippen molar-refractivity contribution >= 4 is 6.29 Å². The third-order valence-corrected chi connectivity index (χ3v) is 8.88. The Balaban J connectivity index is 1.32. The van der Waals surface area contributed by atoms with Crippen molar-refractivity contribution in [3.63, 3.8) is 0 Å². The van der Waals surface area contributed by atoms with Crippen LogP contribution in [0.3, 0.4) is 0 Å². The van der Waals surface area contributed by atoms with Crippen LogP contribution in [0.15, 0.2) is 30.7 Å². The number of fused-ring (bicyclic) bond motifs is 3. The normalized spacial score (nSPS) is 39.0. The van der Waals surface area contributed by atoms with E-state index in [4.69, 9.17) is 0 Å². The van der Waals surface area contributed by atoms with E-state index in [1.807, 2.05) is 10.6 Å². The lowest BCUT2D eigenvalue weighted by atomic mass is 9.42. The molecular formula is C24H27FN2O3. The number of carbonyl (C=O) groups is 1. The van der Waals surface area contributed by atoms with Crippen LogP contribution in [-0.4, -0.2) is 37.8 Å². The summed E-state index contributed by atoms with van der Waals surface area (Å²) in [7, 11) is 0. The van der Waals surface area contributed by atoms with Crippen molar-refractivity contribution in [3.8, 4) is 11.3 Å². The third kappa shape index (κ3) is 2.35. The van der Waals surface area contributed by atoms with Crippen LogP contribution in [0.4, 0.5) is 4.39 Å². The van der Waals surface area contributed by atoms with Crippen LogP contribution in [0, 0.1) is 29.0 Å². The molecule has 0 amide bonds. The first-order valence-corrected chi connectivity index (χ1v) is 11.1. The van der Waals surface area contributed by atoms with E-state index in [1.165, 1.54) is 6.07 Å². The van der Waals surface area contributed by atoms with Crippen LogP contribution in [0.1, 0.15) is 56.6 Å². The van der Waals surface area contributed by atoms with Crippen LogP contribution in [-0.2, 0) is 4.79 Å². The van der Waals surface area contributed by atoms with E-state index in [0.29, 0.717) is 17.9 Å². The van der Waals surface area contributed by atoms with Gasteiger partial charge in [0.05, 0.1) is 36.0 Å². The van der Waals surface area contributed by atoms with Gasteiger partial charge in [-0.3, -0.25) is 0 Å². The Kier molecular flexibility index (Phi) is 3.89. The maximum Gasteiger partial charge on any atom is 0.129 e. The smallest absolute Gasteiger partial charge is 0.129 e. The maximum absolute atomic E-state index is 14.8. The lowest BCUT2D eigenvalue weighted by Crippen LogP contribution is -2.63. The standard InChI is InChI=1S/C24H27FN2O3/c25-18-3-1-2-17-20-12-26-13-27(20)19(22(17)18)8-21(29)23-9-14-6-15(10-23)24(30,4-5-28)16(7-14)11-23/h1-3,5,12-16,19,21,29-30H,4,6-11H2. The van der Waals surface area contributed by atoms with Gasteiger partial charge in [0.25, 0.3) is 0 Å². The molecule has 0 saturated heterocycles. The number of aromatic nitrogens is 2. The molecule has 2 N–H and O–H groups in total. The van der Waals surface area contributed by atoms with Crippen LogP contribution in [0.25, 0.3) is 11.3 Å². The predicted molar refractivity (Wildman–Crippen MR) is 108 cm³/mol. The molecule has 0 radical (unpaired) electrons. The SMILES string of the molecule is O=CCC1(O)C2CC3CC1CC(C(O)CC1c4c(F)cccc4-c4cncn41)(C3)C2. The summed E-state index contributed by atoms with van der Waals surface area (Å²) in [5, 5.41) is 22.8. The molecule has 4 aliphatic carbocycles. The molecule has 0 spiro atoms. The number of benzene rings is 1. The summed E-state index contributed by atoms with van der Waals surface area (Å²) in [6, 6.07) is 4.86. The minimum absolute atomic E-state index is 0.0695. The summed E-state index contributed by atoms with van der Waals surface area (Å²) in [6.07, 6.45) is 8.75. The van der Waals surface area contributed by atoms with Crippen molar-refractivity contribution in [1.82, 2.24) is 9.55 Å². The Labute approximate surface area is 174 Å². The lowest BCUT2D eigenvalue weighted by molar-refractivity contribution is -0.224. The summed E-state index contributed by atoms with van der Waals surface area (Å²) < 4.78 is 16.8. The molecule has 30 heavy (non-hydrogen) atoms. The van der Waals surface area contributed by atoms with Gasteiger partial charge in [-0.2, -0.15) is 0 Å². The van der Waals surface area contributed by atoms with E-state index in [0.717, 1.165) is 49.6 Å². The van der Waals surface area contributed by atoms with Crippen LogP contribution < -0.4 is 0 Å². The van der Waals surface area contributed by atoms with Crippen molar-refractivity contribution < 1.29 is 19.4 Å². The molecule has 2 heterocycles. The van der Waals surface area contributed by atoms with Gasteiger partial charge in [-0.25, -0.2) is 9.37 Å². The molecule has 7 rings (SSSR count). The number of carbonyl (C=O) groups excluding carboxylic acids is 1. The predicted octanol–water partition coefficient (Wildman–Crippen LogP) is 3.49. The zero-order valence-electron chi connectivity index (χ0n) is 16.9. The Morgan fingerprint density at radius 2 is 2.03 bits per heavy atom. The van der Waals surface area contributed by atoms with Crippen molar-refractivity contribution in [2.45, 2.75) is 62.7 Å². The van der Waals surface area contributed by atoms with Crippen molar-refractivity contribution in [2.75, 3.05) is 0 Å². The van der Waals surface area contributed by atoms with Crippen LogP contribution in [0.2, 0.25) is 0 Å². The maximum atomic E-state index is 14.8. The van der Waals surface area contributed by atoms with Crippen LogP contribution in [0.5, 0.6) is 0 Å². The van der Waals surface area contributed by atoms with Crippen LogP contribution >= 0.6 is 0 Å². The highest BCUT2D eigenvalue weighted by atomic mass is 19.1. The van der Waals surface area contributed by atoms with Gasteiger partial charge in [0.1, 0.15) is 12.1 Å². The zero-order valence-corrected chi connectivity index (χ0v) is 16.9. The summed E-state index contributed by atoms with van der Waals surface area (Å²) in [5.41, 5.74) is 1.24. The molecule has 5 nitrogen and oxygen atoms in total. The quantitative estimate of drug-likeness (QED) is 0.740. The number of nitrogens with zero attached hydrogens (tertiary/aromatic N) is 2. The van der Waals surface area contributed by atoms with E-state index in [9.17, 15) is 19.4 Å². The third-order valence-electron chi connectivity index (χ3n) is 8.88. The monoisotopic (exact) mass is 410 g/mol. The molecule has 4 bridgehead atoms. The number of aliphatic hydroxyl groups excluding tert-OH is 1. The van der Waals surface area contributed by atoms with Gasteiger partial charge in [0.2, 0.25) is 0 Å². The van der Waals surface area contributed by atoms with Gasteiger partial charge < -0.3 is 19.6 Å². The zero-order chi connectivity index (χ0) is 20.7. The van der Waals surface area contributed by atoms with Gasteiger partial charge in [0.15, 0.2) is 0 Å². The topological polar surface area (TPSA) is 75.3 Å². The largest absolute Gasteiger partial charge is 0.392 e. The minimum Gasteiger partial charge on any atom is -0.392 e. The number of imidazole rings is 1. The van der Waals surface area contributed by atoms with Gasteiger partial charge >= 0.3 is 0 Å². The van der Waals surface area contributed by atoms with E-state index in [1.54, 1.807) is 18.6 Å². The molecule has 4 saturated carbocycles. The second-order valence-electron chi connectivity index (χ2n) is 10.2. The van der Waals surface area contributed by atoms with E-state index >= 15 is 0 Å². The van der Waals surface area contributed by atoms with E-state index < -0.39 is 11.7 Å². The molecule has 2 aromatic rings. The number of halogens is 1. The Hall–Kier alpha value is -2.05. The highest BCUT2D eigenvalue weighted by Crippen LogP contribution is 2.66. The van der Waals surface area contributed by atoms with Crippen molar-refractivity contribution in [1.29, 1.82) is 0 Å². The van der Waals surface area contributed by atoms with Gasteiger partial charge in [-0.1, -0.05) is 12.1 Å². The molecular weight excluding hydrogens is 383 g/mol. The Morgan fingerprint density at radius 1 is 1.27 bits per heavy atom. The first kappa shape index (κ1) is 18.7. The number of aliphatic hydroxyl groups is 2. The molecule has 1 aromatic heterocycles. The lowest BCUT2D eigenvalue weighted by Gasteiger charge is -2.64. The number of hydrogen-bond donors (Lipinski definition) is 2. The first-order chi connectivity index (χ1) is 14.4. The number of rotatable bonds is 5. The second-order valence-corrected chi connectivity index (χ2v) is 10.2. The fourth-order valence-corrected chi connectivity index (χ4v) is 7.70. The molecule has 158 valence electrons.